The van der Waals surface area contributed by atoms with Crippen LogP contribution < -0.4 is 5.32 Å². The quantitative estimate of drug-likeness (QED) is 0.548. The molecular weight excluding hydrogens is 375 g/mol. The molecule has 6 nitrogen and oxygen atoms in total. The van der Waals surface area contributed by atoms with E-state index >= 15 is 0 Å². The van der Waals surface area contributed by atoms with E-state index in [2.05, 4.69) is 30.5 Å². The lowest BCUT2D eigenvalue weighted by Gasteiger charge is -2.41. The van der Waals surface area contributed by atoms with Gasteiger partial charge in [0.2, 0.25) is 0 Å². The highest BCUT2D eigenvalue weighted by Gasteiger charge is 2.41. The molecule has 28 heavy (non-hydrogen) atoms. The van der Waals surface area contributed by atoms with Gasteiger partial charge < -0.3 is 5.32 Å². The second-order valence-corrected chi connectivity index (χ2v) is 7.95. The van der Waals surface area contributed by atoms with Crippen molar-refractivity contribution in [2.75, 3.05) is 11.9 Å². The Kier molecular flexibility index (Phi) is 4.20. The predicted octanol–water partition coefficient (Wildman–Crippen LogP) is 4.22. The Labute approximate surface area is 164 Å². The summed E-state index contributed by atoms with van der Waals surface area (Å²) in [7, 11) is 0. The molecule has 1 saturated carbocycles. The SMILES string of the molecule is Fc1cccnc1C1(CNc2ccc(-c3nc4cccnc4s3)nn2)CCC1. The molecule has 1 fully saturated rings. The second-order valence-electron chi connectivity index (χ2n) is 6.97. The van der Waals surface area contributed by atoms with Crippen LogP contribution in [0.2, 0.25) is 0 Å². The van der Waals surface area contributed by atoms with E-state index in [-0.39, 0.29) is 11.2 Å². The third-order valence-corrected chi connectivity index (χ3v) is 6.23. The van der Waals surface area contributed by atoms with Gasteiger partial charge in [0.05, 0.1) is 5.69 Å². The smallest absolute Gasteiger partial charge is 0.148 e. The van der Waals surface area contributed by atoms with Crippen molar-refractivity contribution in [2.24, 2.45) is 0 Å². The number of fused-ring (bicyclic) bond motifs is 1. The van der Waals surface area contributed by atoms with Crippen molar-refractivity contribution >= 4 is 27.5 Å². The van der Waals surface area contributed by atoms with Crippen molar-refractivity contribution in [3.8, 4) is 10.7 Å². The first-order chi connectivity index (χ1) is 13.7. The van der Waals surface area contributed by atoms with Crippen LogP contribution in [0, 0.1) is 5.82 Å². The fourth-order valence-corrected chi connectivity index (χ4v) is 4.43. The average molecular weight is 392 g/mol. The molecule has 4 aromatic rings. The maximum absolute atomic E-state index is 14.2. The predicted molar refractivity (Wildman–Crippen MR) is 107 cm³/mol. The monoisotopic (exact) mass is 392 g/mol. The van der Waals surface area contributed by atoms with Crippen LogP contribution in [-0.2, 0) is 5.41 Å². The zero-order chi connectivity index (χ0) is 19.0. The Balaban J connectivity index is 1.33. The number of nitrogens with one attached hydrogen (secondary N) is 1. The molecule has 4 aromatic heterocycles. The molecular formula is C20H17FN6S. The normalized spacial score (nSPS) is 15.3. The average Bonchev–Trinajstić information content (AvgIpc) is 3.13. The lowest BCUT2D eigenvalue weighted by Crippen LogP contribution is -2.42. The van der Waals surface area contributed by atoms with E-state index in [1.54, 1.807) is 18.5 Å². The molecule has 4 heterocycles. The van der Waals surface area contributed by atoms with Crippen LogP contribution in [0.15, 0.2) is 48.8 Å². The van der Waals surface area contributed by atoms with Gasteiger partial charge in [-0.1, -0.05) is 17.8 Å². The summed E-state index contributed by atoms with van der Waals surface area (Å²) < 4.78 is 14.2. The van der Waals surface area contributed by atoms with Crippen molar-refractivity contribution in [1.82, 2.24) is 25.1 Å². The number of pyridine rings is 2. The van der Waals surface area contributed by atoms with E-state index in [9.17, 15) is 4.39 Å². The Hall–Kier alpha value is -3.00. The number of thiazole rings is 1. The lowest BCUT2D eigenvalue weighted by molar-refractivity contribution is 0.243. The summed E-state index contributed by atoms with van der Waals surface area (Å²) in [6.07, 6.45) is 6.31. The molecule has 0 amide bonds. The van der Waals surface area contributed by atoms with Gasteiger partial charge in [-0.2, -0.15) is 0 Å². The summed E-state index contributed by atoms with van der Waals surface area (Å²) in [5.74, 6) is 0.417. The van der Waals surface area contributed by atoms with Crippen LogP contribution in [0.4, 0.5) is 10.2 Å². The van der Waals surface area contributed by atoms with Crippen LogP contribution in [0.5, 0.6) is 0 Å². The van der Waals surface area contributed by atoms with Crippen molar-refractivity contribution in [2.45, 2.75) is 24.7 Å². The van der Waals surface area contributed by atoms with E-state index in [4.69, 9.17) is 0 Å². The first-order valence-corrected chi connectivity index (χ1v) is 9.96. The molecule has 8 heteroatoms. The number of rotatable bonds is 5. The highest BCUT2D eigenvalue weighted by Crippen LogP contribution is 2.43. The Bertz CT molecular complexity index is 1090. The van der Waals surface area contributed by atoms with E-state index in [1.165, 1.54) is 17.4 Å². The fraction of sp³-hybridized carbons (Fsp3) is 0.250. The minimum absolute atomic E-state index is 0.241. The van der Waals surface area contributed by atoms with E-state index < -0.39 is 0 Å². The van der Waals surface area contributed by atoms with Crippen molar-refractivity contribution in [3.63, 3.8) is 0 Å². The molecule has 0 bridgehead atoms. The molecule has 0 aromatic carbocycles. The summed E-state index contributed by atoms with van der Waals surface area (Å²) in [5.41, 5.74) is 1.84. The third-order valence-electron chi connectivity index (χ3n) is 5.23. The van der Waals surface area contributed by atoms with Gasteiger partial charge in [-0.25, -0.2) is 14.4 Å². The van der Waals surface area contributed by atoms with Gasteiger partial charge in [0, 0.05) is 24.4 Å². The number of hydrogen-bond donors (Lipinski definition) is 1. The number of halogens is 1. The van der Waals surface area contributed by atoms with Crippen LogP contribution in [0.1, 0.15) is 25.0 Å². The van der Waals surface area contributed by atoms with Crippen molar-refractivity contribution < 1.29 is 4.39 Å². The first kappa shape index (κ1) is 17.1. The Morgan fingerprint density at radius 2 is 1.89 bits per heavy atom. The van der Waals surface area contributed by atoms with Crippen LogP contribution in [0.25, 0.3) is 21.0 Å². The molecule has 1 aliphatic carbocycles. The standard InChI is InChI=1S/C20H17FN6S/c21-13-4-1-10-22-17(13)20(8-3-9-20)12-24-16-7-6-15(26-27-16)19-25-14-5-2-11-23-18(14)28-19/h1-2,4-7,10-11H,3,8-9,12H2,(H,24,27). The van der Waals surface area contributed by atoms with Crippen LogP contribution >= 0.6 is 11.3 Å². The Morgan fingerprint density at radius 1 is 1.04 bits per heavy atom. The van der Waals surface area contributed by atoms with Crippen LogP contribution in [0.3, 0.4) is 0 Å². The van der Waals surface area contributed by atoms with Gasteiger partial charge >= 0.3 is 0 Å². The van der Waals surface area contributed by atoms with Gasteiger partial charge in [-0.05, 0) is 49.2 Å². The molecule has 0 atom stereocenters. The van der Waals surface area contributed by atoms with E-state index in [0.717, 1.165) is 34.6 Å². The van der Waals surface area contributed by atoms with E-state index in [0.29, 0.717) is 23.8 Å². The Morgan fingerprint density at radius 3 is 2.61 bits per heavy atom. The van der Waals surface area contributed by atoms with Gasteiger partial charge in [0.15, 0.2) is 0 Å². The molecule has 0 spiro atoms. The maximum atomic E-state index is 14.2. The molecule has 0 aliphatic heterocycles. The van der Waals surface area contributed by atoms with Crippen molar-refractivity contribution in [3.05, 3.63) is 60.3 Å². The first-order valence-electron chi connectivity index (χ1n) is 9.14. The van der Waals surface area contributed by atoms with Gasteiger partial charge in [0.25, 0.3) is 0 Å². The minimum atomic E-state index is -0.273. The number of aromatic nitrogens is 5. The summed E-state index contributed by atoms with van der Waals surface area (Å²) in [4.78, 5) is 14.0. The summed E-state index contributed by atoms with van der Waals surface area (Å²) in [6.45, 7) is 0.583. The fourth-order valence-electron chi connectivity index (χ4n) is 3.56. The zero-order valence-corrected chi connectivity index (χ0v) is 15.8. The van der Waals surface area contributed by atoms with Gasteiger partial charge in [-0.3, -0.25) is 4.98 Å². The third kappa shape index (κ3) is 2.99. The highest BCUT2D eigenvalue weighted by atomic mass is 32.1. The van der Waals surface area contributed by atoms with Crippen molar-refractivity contribution in [1.29, 1.82) is 0 Å². The molecule has 1 N–H and O–H groups in total. The topological polar surface area (TPSA) is 76.5 Å². The highest BCUT2D eigenvalue weighted by molar-refractivity contribution is 7.21. The zero-order valence-electron chi connectivity index (χ0n) is 15.0. The summed E-state index contributed by atoms with van der Waals surface area (Å²) in [6, 6.07) is 10.7. The molecule has 140 valence electrons. The summed E-state index contributed by atoms with van der Waals surface area (Å²) in [5, 5.41) is 12.7. The molecule has 1 aliphatic rings. The van der Waals surface area contributed by atoms with Gasteiger partial charge in [-0.15, -0.1) is 10.2 Å². The largest absolute Gasteiger partial charge is 0.368 e. The number of anilines is 1. The number of nitrogens with zero attached hydrogens (tertiary/aromatic N) is 5. The molecule has 0 radical (unpaired) electrons. The number of hydrogen-bond acceptors (Lipinski definition) is 7. The molecule has 0 unspecified atom stereocenters. The minimum Gasteiger partial charge on any atom is -0.368 e. The maximum Gasteiger partial charge on any atom is 0.148 e. The lowest BCUT2D eigenvalue weighted by atomic mass is 9.66. The van der Waals surface area contributed by atoms with Crippen LogP contribution in [-0.4, -0.2) is 31.7 Å². The second kappa shape index (κ2) is 6.87. The summed E-state index contributed by atoms with van der Waals surface area (Å²) >= 11 is 1.49. The van der Waals surface area contributed by atoms with E-state index in [1.807, 2.05) is 24.3 Å². The molecule has 5 rings (SSSR count). The molecule has 0 saturated heterocycles. The van der Waals surface area contributed by atoms with Gasteiger partial charge in [0.1, 0.15) is 32.7 Å².